The molecular weight excluding hydrogens is 326 g/mol. The van der Waals surface area contributed by atoms with Crippen LogP contribution in [-0.2, 0) is 6.54 Å². The third kappa shape index (κ3) is 3.58. The van der Waals surface area contributed by atoms with Crippen molar-refractivity contribution in [1.29, 1.82) is 0 Å². The summed E-state index contributed by atoms with van der Waals surface area (Å²) >= 11 is 0. The molecule has 26 heavy (non-hydrogen) atoms. The lowest BCUT2D eigenvalue weighted by Crippen LogP contribution is -2.23. The van der Waals surface area contributed by atoms with Gasteiger partial charge in [-0.15, -0.1) is 0 Å². The summed E-state index contributed by atoms with van der Waals surface area (Å²) < 4.78 is 7.66. The largest absolute Gasteiger partial charge is 0.491 e. The molecule has 4 rings (SSSR count). The van der Waals surface area contributed by atoms with Gasteiger partial charge in [0.1, 0.15) is 24.2 Å². The number of nitrogens with zero attached hydrogens (tertiary/aromatic N) is 3. The number of hydrogen-bond donors (Lipinski definition) is 1. The Morgan fingerprint density at radius 1 is 0.923 bits per heavy atom. The number of aromatic nitrogens is 3. The van der Waals surface area contributed by atoms with Gasteiger partial charge in [-0.25, -0.2) is 4.98 Å². The second-order valence-corrected chi connectivity index (χ2v) is 6.09. The number of imidazole rings is 1. The topological polar surface area (TPSA) is 60.2 Å². The van der Waals surface area contributed by atoms with E-state index in [4.69, 9.17) is 4.74 Å². The average Bonchev–Trinajstić information content (AvgIpc) is 3.15. The van der Waals surface area contributed by atoms with Crippen LogP contribution in [-0.4, -0.2) is 32.4 Å². The van der Waals surface area contributed by atoms with Crippen LogP contribution in [0.15, 0.2) is 79.3 Å². The van der Waals surface area contributed by atoms with Crippen LogP contribution in [0.2, 0.25) is 0 Å². The van der Waals surface area contributed by atoms with Gasteiger partial charge >= 0.3 is 0 Å². The lowest BCUT2D eigenvalue weighted by atomic mass is 10.1. The summed E-state index contributed by atoms with van der Waals surface area (Å²) in [5.41, 5.74) is 0.778. The van der Waals surface area contributed by atoms with Crippen LogP contribution in [0.4, 0.5) is 0 Å². The third-order valence-electron chi connectivity index (χ3n) is 4.18. The van der Waals surface area contributed by atoms with Crippen molar-refractivity contribution >= 4 is 10.8 Å². The first kappa shape index (κ1) is 16.3. The molecule has 2 heterocycles. The van der Waals surface area contributed by atoms with Gasteiger partial charge in [-0.2, -0.15) is 0 Å². The normalized spacial score (nSPS) is 12.2. The number of benzene rings is 2. The molecule has 2 aromatic carbocycles. The maximum Gasteiger partial charge on any atom is 0.158 e. The van der Waals surface area contributed by atoms with Crippen LogP contribution in [0.5, 0.6) is 5.75 Å². The van der Waals surface area contributed by atoms with Crippen LogP contribution < -0.4 is 4.74 Å². The maximum absolute atomic E-state index is 10.4. The zero-order chi connectivity index (χ0) is 17.8. The van der Waals surface area contributed by atoms with Crippen molar-refractivity contribution in [2.45, 2.75) is 12.6 Å². The summed E-state index contributed by atoms with van der Waals surface area (Å²) in [6.45, 7) is 0.595. The van der Waals surface area contributed by atoms with Crippen molar-refractivity contribution < 1.29 is 9.84 Å². The Labute approximate surface area is 151 Å². The van der Waals surface area contributed by atoms with Crippen molar-refractivity contribution in [3.63, 3.8) is 0 Å². The van der Waals surface area contributed by atoms with Crippen LogP contribution in [0, 0.1) is 0 Å². The van der Waals surface area contributed by atoms with E-state index >= 15 is 0 Å². The molecule has 5 nitrogen and oxygen atoms in total. The second kappa shape index (κ2) is 7.37. The monoisotopic (exact) mass is 345 g/mol. The fraction of sp³-hybridized carbons (Fsp3) is 0.143. The molecule has 4 aromatic rings. The Morgan fingerprint density at radius 3 is 2.62 bits per heavy atom. The zero-order valence-electron chi connectivity index (χ0n) is 14.2. The SMILES string of the molecule is OC(COc1ccc2ccccc2c1)Cn1ccnc1-c1ccccn1. The van der Waals surface area contributed by atoms with Crippen LogP contribution >= 0.6 is 0 Å². The van der Waals surface area contributed by atoms with E-state index in [0.29, 0.717) is 6.54 Å². The van der Waals surface area contributed by atoms with E-state index in [1.165, 1.54) is 5.39 Å². The van der Waals surface area contributed by atoms with E-state index in [2.05, 4.69) is 16.0 Å². The molecule has 2 aromatic heterocycles. The van der Waals surface area contributed by atoms with E-state index in [9.17, 15) is 5.11 Å². The smallest absolute Gasteiger partial charge is 0.158 e. The van der Waals surface area contributed by atoms with Crippen LogP contribution in [0.25, 0.3) is 22.3 Å². The Balaban J connectivity index is 1.41. The summed E-state index contributed by atoms with van der Waals surface area (Å²) in [6.07, 6.45) is 4.62. The molecule has 130 valence electrons. The summed E-state index contributed by atoms with van der Waals surface area (Å²) in [5.74, 6) is 1.48. The number of aliphatic hydroxyl groups excluding tert-OH is 1. The lowest BCUT2D eigenvalue weighted by Gasteiger charge is -2.15. The predicted octanol–water partition coefficient (Wildman–Crippen LogP) is 3.54. The minimum Gasteiger partial charge on any atom is -0.491 e. The van der Waals surface area contributed by atoms with E-state index in [1.807, 2.05) is 65.4 Å². The van der Waals surface area contributed by atoms with Gasteiger partial charge in [0.2, 0.25) is 0 Å². The molecule has 0 spiro atoms. The lowest BCUT2D eigenvalue weighted by molar-refractivity contribution is 0.0929. The summed E-state index contributed by atoms with van der Waals surface area (Å²) in [5, 5.41) is 12.7. The molecule has 0 bridgehead atoms. The number of rotatable bonds is 6. The molecule has 0 aliphatic carbocycles. The van der Waals surface area contributed by atoms with Crippen LogP contribution in [0.3, 0.4) is 0 Å². The minimum atomic E-state index is -0.655. The fourth-order valence-electron chi connectivity index (χ4n) is 2.91. The molecule has 0 fully saturated rings. The van der Waals surface area contributed by atoms with Gasteiger partial charge in [0.05, 0.1) is 6.54 Å². The molecular formula is C21H19N3O2. The van der Waals surface area contributed by atoms with Gasteiger partial charge in [-0.3, -0.25) is 4.98 Å². The zero-order valence-corrected chi connectivity index (χ0v) is 14.2. The number of hydrogen-bond acceptors (Lipinski definition) is 4. The Kier molecular flexibility index (Phi) is 4.62. The molecule has 0 saturated carbocycles. The molecule has 0 aliphatic rings. The standard InChI is InChI=1S/C21H19N3O2/c25-18(14-24-12-11-23-21(24)20-7-3-4-10-22-20)15-26-19-9-8-16-5-1-2-6-17(16)13-19/h1-13,18,25H,14-15H2. The molecule has 0 aliphatic heterocycles. The number of pyridine rings is 1. The molecule has 5 heteroatoms. The quantitative estimate of drug-likeness (QED) is 0.581. The van der Waals surface area contributed by atoms with E-state index in [-0.39, 0.29) is 6.61 Å². The first-order valence-electron chi connectivity index (χ1n) is 8.52. The maximum atomic E-state index is 10.4. The predicted molar refractivity (Wildman–Crippen MR) is 101 cm³/mol. The highest BCUT2D eigenvalue weighted by atomic mass is 16.5. The Bertz CT molecular complexity index is 998. The number of fused-ring (bicyclic) bond motifs is 1. The second-order valence-electron chi connectivity index (χ2n) is 6.09. The summed E-state index contributed by atoms with van der Waals surface area (Å²) in [6, 6.07) is 19.7. The first-order valence-corrected chi connectivity index (χ1v) is 8.52. The van der Waals surface area contributed by atoms with E-state index < -0.39 is 6.10 Å². The highest BCUT2D eigenvalue weighted by molar-refractivity contribution is 5.83. The summed E-state index contributed by atoms with van der Waals surface area (Å²) in [7, 11) is 0. The van der Waals surface area contributed by atoms with E-state index in [0.717, 1.165) is 22.7 Å². The Hall–Kier alpha value is -3.18. The molecule has 0 radical (unpaired) electrons. The molecule has 1 atom stereocenters. The van der Waals surface area contributed by atoms with Gasteiger partial charge in [0, 0.05) is 18.6 Å². The Morgan fingerprint density at radius 2 is 1.77 bits per heavy atom. The molecule has 1 unspecified atom stereocenters. The van der Waals surface area contributed by atoms with Crippen molar-refractivity contribution in [3.8, 4) is 17.3 Å². The third-order valence-corrected chi connectivity index (χ3v) is 4.18. The fourth-order valence-corrected chi connectivity index (χ4v) is 2.91. The molecule has 1 N–H and O–H groups in total. The highest BCUT2D eigenvalue weighted by Crippen LogP contribution is 2.21. The van der Waals surface area contributed by atoms with Crippen molar-refractivity contribution in [2.75, 3.05) is 6.61 Å². The van der Waals surface area contributed by atoms with Crippen molar-refractivity contribution in [2.24, 2.45) is 0 Å². The molecule has 0 saturated heterocycles. The van der Waals surface area contributed by atoms with Gasteiger partial charge in [-0.05, 0) is 35.0 Å². The summed E-state index contributed by atoms with van der Waals surface area (Å²) in [4.78, 5) is 8.66. The minimum absolute atomic E-state index is 0.207. The van der Waals surface area contributed by atoms with Gasteiger partial charge in [0.15, 0.2) is 5.82 Å². The van der Waals surface area contributed by atoms with Gasteiger partial charge < -0.3 is 14.4 Å². The van der Waals surface area contributed by atoms with Gasteiger partial charge in [0.25, 0.3) is 0 Å². The van der Waals surface area contributed by atoms with Crippen molar-refractivity contribution in [1.82, 2.24) is 14.5 Å². The number of aliphatic hydroxyl groups is 1. The van der Waals surface area contributed by atoms with Gasteiger partial charge in [-0.1, -0.05) is 36.4 Å². The number of ether oxygens (including phenoxy) is 1. The first-order chi connectivity index (χ1) is 12.8. The highest BCUT2D eigenvalue weighted by Gasteiger charge is 2.12. The van der Waals surface area contributed by atoms with E-state index in [1.54, 1.807) is 12.4 Å². The van der Waals surface area contributed by atoms with Crippen molar-refractivity contribution in [3.05, 3.63) is 79.3 Å². The molecule has 0 amide bonds. The average molecular weight is 345 g/mol. The van der Waals surface area contributed by atoms with Crippen LogP contribution in [0.1, 0.15) is 0 Å².